The number of hydrogen-bond donors (Lipinski definition) is 1. The van der Waals surface area contributed by atoms with Gasteiger partial charge in [0.05, 0.1) is 0 Å². The third-order valence-electron chi connectivity index (χ3n) is 2.57. The summed E-state index contributed by atoms with van der Waals surface area (Å²) in [4.78, 5) is 3.82. The summed E-state index contributed by atoms with van der Waals surface area (Å²) in [6.07, 6.45) is 1.56. The topological polar surface area (TPSA) is 94.3 Å². The molecule has 0 aliphatic heterocycles. The smallest absolute Gasteiger partial charge is 0.244 e. The fourth-order valence-corrected chi connectivity index (χ4v) is 3.24. The van der Waals surface area contributed by atoms with Gasteiger partial charge < -0.3 is 5.11 Å². The predicted molar refractivity (Wildman–Crippen MR) is 69.7 cm³/mol. The molecule has 1 N–H and O–H groups in total. The van der Waals surface area contributed by atoms with Crippen molar-refractivity contribution in [3.8, 4) is 6.07 Å². The largest absolute Gasteiger partial charge is 0.396 e. The lowest BCUT2D eigenvalue weighted by molar-refractivity contribution is 0.258. The van der Waals surface area contributed by atoms with E-state index in [0.717, 1.165) is 0 Å². The van der Waals surface area contributed by atoms with Gasteiger partial charge in [0.2, 0.25) is 10.0 Å². The lowest BCUT2D eigenvalue weighted by Gasteiger charge is -2.25. The van der Waals surface area contributed by atoms with Gasteiger partial charge in [-0.3, -0.25) is 0 Å². The van der Waals surface area contributed by atoms with E-state index in [4.69, 9.17) is 10.4 Å². The van der Waals surface area contributed by atoms with Crippen molar-refractivity contribution in [1.29, 1.82) is 5.26 Å². The molecule has 6 nitrogen and oxygen atoms in total. The summed E-state index contributed by atoms with van der Waals surface area (Å²) in [5, 5.41) is 17.5. The number of hydrogen-bond acceptors (Lipinski definition) is 5. The molecule has 0 spiro atoms. The highest BCUT2D eigenvalue weighted by Gasteiger charge is 2.26. The summed E-state index contributed by atoms with van der Waals surface area (Å²) in [5.41, 5.74) is 0.172. The first-order valence-corrected chi connectivity index (χ1v) is 7.36. The average Bonchev–Trinajstić information content (AvgIpc) is 2.38. The van der Waals surface area contributed by atoms with E-state index in [1.54, 1.807) is 13.8 Å². The van der Waals surface area contributed by atoms with Crippen molar-refractivity contribution in [2.45, 2.75) is 31.2 Å². The van der Waals surface area contributed by atoms with Crippen molar-refractivity contribution < 1.29 is 13.5 Å². The molecule has 0 saturated heterocycles. The Morgan fingerprint density at radius 3 is 2.58 bits per heavy atom. The SMILES string of the molecule is CC(C)N(CCCO)S(=O)(=O)c1ccc(C#N)nc1. The van der Waals surface area contributed by atoms with Gasteiger partial charge in [-0.25, -0.2) is 13.4 Å². The maximum absolute atomic E-state index is 12.4. The fourth-order valence-electron chi connectivity index (χ4n) is 1.62. The highest BCUT2D eigenvalue weighted by molar-refractivity contribution is 7.89. The average molecular weight is 283 g/mol. The third-order valence-corrected chi connectivity index (χ3v) is 4.63. The van der Waals surface area contributed by atoms with Gasteiger partial charge in [0.1, 0.15) is 16.7 Å². The summed E-state index contributed by atoms with van der Waals surface area (Å²) >= 11 is 0. The molecular weight excluding hydrogens is 266 g/mol. The van der Waals surface area contributed by atoms with E-state index in [1.807, 2.05) is 6.07 Å². The maximum Gasteiger partial charge on any atom is 0.244 e. The van der Waals surface area contributed by atoms with Gasteiger partial charge in [-0.2, -0.15) is 9.57 Å². The molecule has 1 rings (SSSR count). The van der Waals surface area contributed by atoms with E-state index < -0.39 is 10.0 Å². The number of nitriles is 1. The van der Waals surface area contributed by atoms with E-state index >= 15 is 0 Å². The first-order valence-electron chi connectivity index (χ1n) is 5.92. The summed E-state index contributed by atoms with van der Waals surface area (Å²) < 4.78 is 26.1. The molecule has 0 aliphatic rings. The Bertz CT molecular complexity index is 547. The lowest BCUT2D eigenvalue weighted by atomic mass is 10.3. The minimum Gasteiger partial charge on any atom is -0.396 e. The zero-order valence-electron chi connectivity index (χ0n) is 10.9. The van der Waals surface area contributed by atoms with Gasteiger partial charge in [0, 0.05) is 25.4 Å². The molecule has 1 aromatic rings. The van der Waals surface area contributed by atoms with E-state index in [9.17, 15) is 8.42 Å². The predicted octanol–water partition coefficient (Wildman–Crippen LogP) is 0.735. The number of pyridine rings is 1. The van der Waals surface area contributed by atoms with Gasteiger partial charge in [-0.15, -0.1) is 0 Å². The van der Waals surface area contributed by atoms with Crippen LogP contribution in [0.25, 0.3) is 0 Å². The van der Waals surface area contributed by atoms with Crippen LogP contribution < -0.4 is 0 Å². The molecule has 0 bridgehead atoms. The van der Waals surface area contributed by atoms with Crippen molar-refractivity contribution in [3.05, 3.63) is 24.0 Å². The molecule has 1 heterocycles. The van der Waals surface area contributed by atoms with Crippen LogP contribution in [0.2, 0.25) is 0 Å². The normalized spacial score (nSPS) is 11.8. The Morgan fingerprint density at radius 1 is 1.47 bits per heavy atom. The van der Waals surface area contributed by atoms with Crippen LogP contribution in [-0.4, -0.2) is 42.0 Å². The molecule has 7 heteroatoms. The Morgan fingerprint density at radius 2 is 2.16 bits per heavy atom. The Kier molecular flexibility index (Phi) is 5.42. The van der Waals surface area contributed by atoms with Crippen LogP contribution in [-0.2, 0) is 10.0 Å². The molecule has 0 aliphatic carbocycles. The zero-order chi connectivity index (χ0) is 14.5. The van der Waals surface area contributed by atoms with Crippen LogP contribution in [0.1, 0.15) is 26.0 Å². The summed E-state index contributed by atoms with van der Waals surface area (Å²) in [5.74, 6) is 0. The molecule has 0 aromatic carbocycles. The monoisotopic (exact) mass is 283 g/mol. The molecule has 1 aromatic heterocycles. The number of nitrogens with zero attached hydrogens (tertiary/aromatic N) is 3. The second kappa shape index (κ2) is 6.61. The second-order valence-corrected chi connectivity index (χ2v) is 6.17. The van der Waals surface area contributed by atoms with E-state index in [1.165, 1.54) is 22.6 Å². The number of rotatable bonds is 6. The van der Waals surface area contributed by atoms with E-state index in [-0.39, 0.29) is 29.8 Å². The molecule has 0 fully saturated rings. The van der Waals surface area contributed by atoms with Crippen LogP contribution in [0.5, 0.6) is 0 Å². The first kappa shape index (κ1) is 15.6. The number of aliphatic hydroxyl groups is 1. The van der Waals surface area contributed by atoms with Crippen LogP contribution in [0.15, 0.2) is 23.2 Å². The van der Waals surface area contributed by atoms with Crippen molar-refractivity contribution in [3.63, 3.8) is 0 Å². The van der Waals surface area contributed by atoms with Crippen LogP contribution >= 0.6 is 0 Å². The molecule has 0 saturated carbocycles. The van der Waals surface area contributed by atoms with Crippen molar-refractivity contribution in [1.82, 2.24) is 9.29 Å². The molecule has 0 amide bonds. The first-order chi connectivity index (χ1) is 8.93. The van der Waals surface area contributed by atoms with Crippen LogP contribution in [0, 0.1) is 11.3 Å². The Hall–Kier alpha value is -1.49. The highest BCUT2D eigenvalue weighted by atomic mass is 32.2. The quantitative estimate of drug-likeness (QED) is 0.830. The summed E-state index contributed by atoms with van der Waals surface area (Å²) in [7, 11) is -3.65. The molecular formula is C12H17N3O3S. The second-order valence-electron chi connectivity index (χ2n) is 4.28. The van der Waals surface area contributed by atoms with Crippen molar-refractivity contribution in [2.75, 3.05) is 13.2 Å². The highest BCUT2D eigenvalue weighted by Crippen LogP contribution is 2.17. The van der Waals surface area contributed by atoms with Gasteiger partial charge in [-0.05, 0) is 32.4 Å². The van der Waals surface area contributed by atoms with Crippen LogP contribution in [0.4, 0.5) is 0 Å². The molecule has 0 radical (unpaired) electrons. The molecule has 19 heavy (non-hydrogen) atoms. The fraction of sp³-hybridized carbons (Fsp3) is 0.500. The van der Waals surface area contributed by atoms with Crippen molar-refractivity contribution in [2.24, 2.45) is 0 Å². The summed E-state index contributed by atoms with van der Waals surface area (Å²) in [6, 6.07) is 4.37. The molecule has 0 atom stereocenters. The lowest BCUT2D eigenvalue weighted by Crippen LogP contribution is -2.38. The standard InChI is InChI=1S/C12H17N3O3S/c1-10(2)15(6-3-7-16)19(17,18)12-5-4-11(8-13)14-9-12/h4-5,9-10,16H,3,6-7H2,1-2H3. The van der Waals surface area contributed by atoms with Gasteiger partial charge in [0.25, 0.3) is 0 Å². The maximum atomic E-state index is 12.4. The zero-order valence-corrected chi connectivity index (χ0v) is 11.8. The number of aliphatic hydroxyl groups excluding tert-OH is 1. The van der Waals surface area contributed by atoms with Crippen molar-refractivity contribution >= 4 is 10.0 Å². The summed E-state index contributed by atoms with van der Waals surface area (Å²) in [6.45, 7) is 3.72. The minimum atomic E-state index is -3.65. The number of sulfonamides is 1. The van der Waals surface area contributed by atoms with Crippen LogP contribution in [0.3, 0.4) is 0 Å². The van der Waals surface area contributed by atoms with Gasteiger partial charge in [-0.1, -0.05) is 0 Å². The minimum absolute atomic E-state index is 0.0538. The Labute approximate surface area is 113 Å². The molecule has 104 valence electrons. The third kappa shape index (κ3) is 3.73. The van der Waals surface area contributed by atoms with E-state index in [0.29, 0.717) is 6.42 Å². The molecule has 0 unspecified atom stereocenters. The van der Waals surface area contributed by atoms with E-state index in [2.05, 4.69) is 4.98 Å². The Balaban J connectivity index is 3.08. The number of aromatic nitrogens is 1. The van der Waals surface area contributed by atoms with Gasteiger partial charge in [0.15, 0.2) is 0 Å². The van der Waals surface area contributed by atoms with Gasteiger partial charge >= 0.3 is 0 Å².